The minimum absolute atomic E-state index is 0.0257. The number of thioether (sulfide) groups is 1. The van der Waals surface area contributed by atoms with Gasteiger partial charge >= 0.3 is 0 Å². The minimum Gasteiger partial charge on any atom is -0.493 e. The summed E-state index contributed by atoms with van der Waals surface area (Å²) in [5, 5.41) is 0. The zero-order valence-corrected chi connectivity index (χ0v) is 36.7. The van der Waals surface area contributed by atoms with Crippen molar-refractivity contribution in [2.24, 2.45) is 5.92 Å². The number of hydrogen-bond acceptors (Lipinski definition) is 9. The fraction of sp³-hybridized carbons (Fsp3) is 0.360. The molecule has 2 amide bonds. The summed E-state index contributed by atoms with van der Waals surface area (Å²) >= 11 is 1.97. The van der Waals surface area contributed by atoms with Crippen molar-refractivity contribution >= 4 is 46.3 Å². The lowest BCUT2D eigenvalue weighted by molar-refractivity contribution is 0.0975. The highest BCUT2D eigenvalue weighted by atomic mass is 32.2. The topological polar surface area (TPSA) is 84.0 Å². The van der Waals surface area contributed by atoms with Crippen LogP contribution in [0.3, 0.4) is 0 Å². The second-order valence-corrected chi connectivity index (χ2v) is 18.2. The van der Waals surface area contributed by atoms with Crippen LogP contribution in [0.5, 0.6) is 23.0 Å². The third-order valence-corrected chi connectivity index (χ3v) is 13.7. The number of ether oxygens (including phenoxy) is 4. The van der Waals surface area contributed by atoms with Crippen LogP contribution in [0.2, 0.25) is 0 Å². The van der Waals surface area contributed by atoms with E-state index in [2.05, 4.69) is 54.0 Å². The summed E-state index contributed by atoms with van der Waals surface area (Å²) in [6.07, 6.45) is 2.55. The van der Waals surface area contributed by atoms with Crippen LogP contribution in [0.25, 0.3) is 0 Å². The standard InChI is InChI=1S/C50H54N4O6S/c1-31(2)30-61-16-15-32-17-33(28-59-47-24-43-39(22-45(47)57-5)49(55)53-37(26-51(43)3)20-35-11-7-9-13-41(35)53)19-34(18-32)29-60-48-25-44-40(23-46(48)58-6)50(56)54-38(27-52(44)4)21-36-12-8-10-14-42(36)54/h7-14,17-19,22-25,31,37-38H,15-16,20-21,26-30H2,1-6H3/t37-,38-/m0/s1. The Morgan fingerprint density at radius 2 is 1.07 bits per heavy atom. The lowest BCUT2D eigenvalue weighted by Gasteiger charge is -2.25. The molecule has 5 aromatic rings. The van der Waals surface area contributed by atoms with E-state index in [-0.39, 0.29) is 23.9 Å². The molecule has 4 heterocycles. The number of carbonyl (C=O) groups excluding carboxylic acids is 2. The number of hydrogen-bond donors (Lipinski definition) is 0. The van der Waals surface area contributed by atoms with Gasteiger partial charge in [-0.05, 0) is 94.8 Å². The van der Waals surface area contributed by atoms with E-state index < -0.39 is 0 Å². The average molecular weight is 839 g/mol. The molecule has 9 rings (SSSR count). The molecule has 0 aliphatic carbocycles. The predicted molar refractivity (Wildman–Crippen MR) is 245 cm³/mol. The fourth-order valence-corrected chi connectivity index (χ4v) is 10.5. The smallest absolute Gasteiger partial charge is 0.260 e. The predicted octanol–water partition coefficient (Wildman–Crippen LogP) is 8.84. The molecule has 5 aromatic carbocycles. The zero-order chi connectivity index (χ0) is 42.4. The summed E-state index contributed by atoms with van der Waals surface area (Å²) in [5.41, 5.74) is 10.4. The number of nitrogens with zero attached hydrogens (tertiary/aromatic N) is 4. The number of carbonyl (C=O) groups is 2. The van der Waals surface area contributed by atoms with Crippen LogP contribution in [0, 0.1) is 5.92 Å². The summed E-state index contributed by atoms with van der Waals surface area (Å²) in [5.74, 6) is 4.88. The summed E-state index contributed by atoms with van der Waals surface area (Å²) in [6, 6.07) is 30.6. The van der Waals surface area contributed by atoms with Crippen molar-refractivity contribution in [1.29, 1.82) is 0 Å². The van der Waals surface area contributed by atoms with Crippen LogP contribution in [0.4, 0.5) is 22.7 Å². The first kappa shape index (κ1) is 40.6. The number of anilines is 4. The van der Waals surface area contributed by atoms with Crippen LogP contribution < -0.4 is 38.5 Å². The second kappa shape index (κ2) is 16.9. The van der Waals surface area contributed by atoms with Gasteiger partial charge in [-0.25, -0.2) is 0 Å². The molecule has 0 saturated heterocycles. The van der Waals surface area contributed by atoms with E-state index in [0.29, 0.717) is 66.3 Å². The molecule has 0 radical (unpaired) electrons. The summed E-state index contributed by atoms with van der Waals surface area (Å²) in [7, 11) is 7.31. The summed E-state index contributed by atoms with van der Waals surface area (Å²) < 4.78 is 24.9. The van der Waals surface area contributed by atoms with Gasteiger partial charge in [0, 0.05) is 50.7 Å². The van der Waals surface area contributed by atoms with Crippen molar-refractivity contribution in [1.82, 2.24) is 0 Å². The zero-order valence-electron chi connectivity index (χ0n) is 35.9. The Balaban J connectivity index is 0.969. The average Bonchev–Trinajstić information content (AvgIpc) is 3.76. The highest BCUT2D eigenvalue weighted by Gasteiger charge is 2.41. The van der Waals surface area contributed by atoms with Crippen molar-refractivity contribution in [2.45, 2.75) is 58.4 Å². The quantitative estimate of drug-likeness (QED) is 0.108. The van der Waals surface area contributed by atoms with Crippen molar-refractivity contribution < 1.29 is 28.5 Å². The Bertz CT molecular complexity index is 2330. The molecule has 0 aromatic heterocycles. The lowest BCUT2D eigenvalue weighted by Crippen LogP contribution is -2.41. The van der Waals surface area contributed by atoms with Crippen molar-refractivity contribution in [3.8, 4) is 23.0 Å². The van der Waals surface area contributed by atoms with Gasteiger partial charge in [-0.3, -0.25) is 9.59 Å². The lowest BCUT2D eigenvalue weighted by atomic mass is 10.0. The van der Waals surface area contributed by atoms with Gasteiger partial charge in [-0.2, -0.15) is 11.8 Å². The van der Waals surface area contributed by atoms with Gasteiger partial charge < -0.3 is 38.5 Å². The number of methoxy groups -OCH3 is 2. The molecular weight excluding hydrogens is 785 g/mol. The Morgan fingerprint density at radius 1 is 0.607 bits per heavy atom. The number of benzene rings is 5. The normalized spacial score (nSPS) is 17.6. The first-order valence-electron chi connectivity index (χ1n) is 21.2. The molecule has 316 valence electrons. The number of aryl methyl sites for hydroxylation is 1. The molecular formula is C50H54N4O6S. The van der Waals surface area contributed by atoms with Gasteiger partial charge in [0.15, 0.2) is 23.0 Å². The van der Waals surface area contributed by atoms with E-state index in [1.165, 1.54) is 16.7 Å². The fourth-order valence-electron chi connectivity index (χ4n) is 9.45. The molecule has 2 atom stereocenters. The number of rotatable bonds is 13. The Hall–Kier alpha value is -5.81. The second-order valence-electron chi connectivity index (χ2n) is 17.1. The number of para-hydroxylation sites is 2. The number of likely N-dealkylation sites (N-methyl/N-ethyl adjacent to an activating group) is 2. The van der Waals surface area contributed by atoms with Gasteiger partial charge in [0.2, 0.25) is 0 Å². The van der Waals surface area contributed by atoms with Crippen molar-refractivity contribution in [3.63, 3.8) is 0 Å². The molecule has 0 N–H and O–H groups in total. The summed E-state index contributed by atoms with van der Waals surface area (Å²) in [4.78, 5) is 36.6. The molecule has 0 fully saturated rings. The maximum atomic E-state index is 14.2. The molecule has 11 heteroatoms. The molecule has 0 unspecified atom stereocenters. The van der Waals surface area contributed by atoms with Gasteiger partial charge in [0.05, 0.1) is 48.8 Å². The van der Waals surface area contributed by atoms with Gasteiger partial charge in [0.25, 0.3) is 11.8 Å². The first-order valence-corrected chi connectivity index (χ1v) is 22.4. The van der Waals surface area contributed by atoms with Crippen LogP contribution >= 0.6 is 11.8 Å². The van der Waals surface area contributed by atoms with E-state index in [1.807, 2.05) is 96.3 Å². The molecule has 4 aliphatic heterocycles. The monoisotopic (exact) mass is 838 g/mol. The third-order valence-electron chi connectivity index (χ3n) is 12.3. The highest BCUT2D eigenvalue weighted by molar-refractivity contribution is 7.99. The van der Waals surface area contributed by atoms with Gasteiger partial charge in [0.1, 0.15) is 13.2 Å². The largest absolute Gasteiger partial charge is 0.493 e. The van der Waals surface area contributed by atoms with E-state index in [0.717, 1.165) is 64.6 Å². The molecule has 0 spiro atoms. The number of amides is 2. The van der Waals surface area contributed by atoms with Gasteiger partial charge in [-0.1, -0.05) is 62.4 Å². The van der Waals surface area contributed by atoms with Crippen molar-refractivity contribution in [2.75, 3.05) is 72.5 Å². The van der Waals surface area contributed by atoms with Crippen LogP contribution in [-0.4, -0.2) is 76.8 Å². The third kappa shape index (κ3) is 7.84. The molecule has 4 aliphatic rings. The Labute approximate surface area is 363 Å². The Kier molecular flexibility index (Phi) is 11.3. The maximum absolute atomic E-state index is 14.2. The molecule has 0 bridgehead atoms. The SMILES string of the molecule is COc1cc2c(cc1OCc1cc(CCSCC(C)C)cc(COc3cc4c(cc3OC)C(=O)N3c5ccccc5C[C@H]3CN4C)c1)N(C)C[C@@H]1Cc3ccccc3N1C2=O. The Morgan fingerprint density at radius 3 is 1.52 bits per heavy atom. The van der Waals surface area contributed by atoms with Crippen molar-refractivity contribution in [3.05, 3.63) is 130 Å². The van der Waals surface area contributed by atoms with E-state index in [1.54, 1.807) is 14.2 Å². The first-order chi connectivity index (χ1) is 29.6. The van der Waals surface area contributed by atoms with E-state index in [9.17, 15) is 9.59 Å². The summed E-state index contributed by atoms with van der Waals surface area (Å²) in [6.45, 7) is 6.50. The molecule has 0 saturated carbocycles. The van der Waals surface area contributed by atoms with Crippen LogP contribution in [0.1, 0.15) is 62.4 Å². The van der Waals surface area contributed by atoms with E-state index >= 15 is 0 Å². The maximum Gasteiger partial charge on any atom is 0.260 e. The number of fused-ring (bicyclic) bond motifs is 8. The van der Waals surface area contributed by atoms with E-state index in [4.69, 9.17) is 18.9 Å². The minimum atomic E-state index is -0.0257. The van der Waals surface area contributed by atoms with Crippen LogP contribution in [0.15, 0.2) is 91.0 Å². The van der Waals surface area contributed by atoms with Crippen LogP contribution in [-0.2, 0) is 32.5 Å². The van der Waals surface area contributed by atoms with Gasteiger partial charge in [-0.15, -0.1) is 0 Å². The highest BCUT2D eigenvalue weighted by Crippen LogP contribution is 2.44. The molecule has 10 nitrogen and oxygen atoms in total. The molecule has 61 heavy (non-hydrogen) atoms.